The topological polar surface area (TPSA) is 105 Å². The van der Waals surface area contributed by atoms with Crippen molar-refractivity contribution in [2.24, 2.45) is 11.8 Å². The summed E-state index contributed by atoms with van der Waals surface area (Å²) in [4.78, 5) is 42.8. The Morgan fingerprint density at radius 2 is 0.825 bits per heavy atom. The highest BCUT2D eigenvalue weighted by Gasteiger charge is 2.20. The van der Waals surface area contributed by atoms with Crippen LogP contribution in [0.1, 0.15) is 96.9 Å². The summed E-state index contributed by atoms with van der Waals surface area (Å²) < 4.78 is 19.6. The number of alkyl halides is 4. The standard InChI is InChI=1S/2C7H13BrO2.2C7H13ClO2/c1-5(8)6(9)10-7(2,3)4;1-5(2)4-10-7(9)6(3)8;1-5(8)6(9)10-7(2,3)4;1-5(2)4-10-7(9)6(3)8/h5H,1-4H3;5-6H,4H2,1-3H3;5H,1-4H3;5-6H,4H2,1-3H3. The van der Waals surface area contributed by atoms with Gasteiger partial charge in [0.1, 0.15) is 31.6 Å². The predicted octanol–water partition coefficient (Wildman–Crippen LogP) is 7.85. The summed E-state index contributed by atoms with van der Waals surface area (Å²) in [5.41, 5.74) is -0.806. The molecule has 0 aliphatic heterocycles. The van der Waals surface area contributed by atoms with Crippen LogP contribution in [0.2, 0.25) is 0 Å². The molecule has 0 aromatic heterocycles. The number of rotatable bonds is 8. The van der Waals surface area contributed by atoms with Crippen LogP contribution in [-0.4, -0.2) is 68.7 Å². The van der Waals surface area contributed by atoms with Gasteiger partial charge in [0, 0.05) is 0 Å². The molecule has 40 heavy (non-hydrogen) atoms. The van der Waals surface area contributed by atoms with Crippen molar-refractivity contribution in [3.63, 3.8) is 0 Å². The number of carbonyl (C=O) groups excluding carboxylic acids is 4. The Labute approximate surface area is 269 Å². The molecule has 4 atom stereocenters. The van der Waals surface area contributed by atoms with E-state index in [9.17, 15) is 19.2 Å². The summed E-state index contributed by atoms with van der Waals surface area (Å²) in [6.45, 7) is 26.6. The minimum Gasteiger partial charge on any atom is -0.465 e. The molecular weight excluding hydrogens is 695 g/mol. The number of esters is 4. The van der Waals surface area contributed by atoms with E-state index in [1.165, 1.54) is 0 Å². The molecule has 0 rings (SSSR count). The third kappa shape index (κ3) is 39.6. The minimum absolute atomic E-state index is 0.186. The monoisotopic (exact) mass is 744 g/mol. The molecule has 0 bridgehead atoms. The molecule has 0 heterocycles. The van der Waals surface area contributed by atoms with Gasteiger partial charge in [-0.25, -0.2) is 0 Å². The first kappa shape index (κ1) is 46.4. The minimum atomic E-state index is -0.556. The molecule has 0 N–H and O–H groups in total. The van der Waals surface area contributed by atoms with Crippen molar-refractivity contribution in [2.75, 3.05) is 13.2 Å². The molecule has 0 fully saturated rings. The van der Waals surface area contributed by atoms with Crippen LogP contribution in [0.5, 0.6) is 0 Å². The van der Waals surface area contributed by atoms with Crippen LogP contribution in [-0.2, 0) is 38.1 Å². The van der Waals surface area contributed by atoms with Crippen LogP contribution in [0.4, 0.5) is 0 Å². The molecule has 12 heteroatoms. The van der Waals surface area contributed by atoms with Gasteiger partial charge in [0.05, 0.1) is 13.2 Å². The van der Waals surface area contributed by atoms with Crippen molar-refractivity contribution >= 4 is 78.9 Å². The van der Waals surface area contributed by atoms with Crippen LogP contribution in [0, 0.1) is 11.8 Å². The maximum Gasteiger partial charge on any atom is 0.324 e. The summed E-state index contributed by atoms with van der Waals surface area (Å²) in [6.07, 6.45) is 0. The van der Waals surface area contributed by atoms with Gasteiger partial charge >= 0.3 is 23.9 Å². The summed E-state index contributed by atoms with van der Waals surface area (Å²) in [5.74, 6) is -0.319. The fourth-order valence-corrected chi connectivity index (χ4v) is 1.83. The summed E-state index contributed by atoms with van der Waals surface area (Å²) in [7, 11) is 0. The van der Waals surface area contributed by atoms with Gasteiger partial charge in [0.15, 0.2) is 0 Å². The summed E-state index contributed by atoms with van der Waals surface area (Å²) >= 11 is 17.1. The number of hydrogen-bond acceptors (Lipinski definition) is 8. The highest BCUT2D eigenvalue weighted by Crippen LogP contribution is 2.11. The molecule has 0 aliphatic rings. The van der Waals surface area contributed by atoms with Gasteiger partial charge in [-0.15, -0.1) is 23.2 Å². The van der Waals surface area contributed by atoms with Crippen LogP contribution >= 0.6 is 55.1 Å². The SMILES string of the molecule is CC(Br)C(=O)OC(C)(C)C.CC(C)COC(=O)C(C)Br.CC(C)COC(=O)C(C)Cl.CC(Cl)C(=O)OC(C)(C)C. The molecule has 240 valence electrons. The van der Waals surface area contributed by atoms with E-state index >= 15 is 0 Å². The average Bonchev–Trinajstić information content (AvgIpc) is 2.74. The second-order valence-electron chi connectivity index (χ2n) is 11.6. The van der Waals surface area contributed by atoms with E-state index in [4.69, 9.17) is 42.1 Å². The Bertz CT molecular complexity index is 652. The van der Waals surface area contributed by atoms with Gasteiger partial charge in [0.2, 0.25) is 0 Å². The lowest BCUT2D eigenvalue weighted by molar-refractivity contribution is -0.154. The van der Waals surface area contributed by atoms with Crippen molar-refractivity contribution in [2.45, 2.75) is 129 Å². The number of halogens is 4. The number of carbonyl (C=O) groups is 4. The van der Waals surface area contributed by atoms with Gasteiger partial charge in [-0.1, -0.05) is 59.6 Å². The predicted molar refractivity (Wildman–Crippen MR) is 171 cm³/mol. The first-order valence-electron chi connectivity index (χ1n) is 13.1. The highest BCUT2D eigenvalue weighted by atomic mass is 79.9. The molecule has 0 aliphatic carbocycles. The van der Waals surface area contributed by atoms with E-state index in [0.29, 0.717) is 25.0 Å². The second kappa shape index (κ2) is 23.9. The van der Waals surface area contributed by atoms with E-state index < -0.39 is 16.4 Å². The largest absolute Gasteiger partial charge is 0.465 e. The Morgan fingerprint density at radius 3 is 1.00 bits per heavy atom. The number of ether oxygens (including phenoxy) is 4. The lowest BCUT2D eigenvalue weighted by Gasteiger charge is -2.20. The zero-order valence-electron chi connectivity index (χ0n) is 26.7. The molecule has 0 aromatic carbocycles. The molecule has 0 saturated carbocycles. The fourth-order valence-electron chi connectivity index (χ4n) is 1.49. The van der Waals surface area contributed by atoms with Crippen molar-refractivity contribution in [3.8, 4) is 0 Å². The fraction of sp³-hybridized carbons (Fsp3) is 0.857. The van der Waals surface area contributed by atoms with Crippen LogP contribution < -0.4 is 0 Å². The Balaban J connectivity index is -0.000000216. The normalized spacial score (nSPS) is 13.9. The smallest absolute Gasteiger partial charge is 0.324 e. The molecular formula is C28H52Br2Cl2O8. The van der Waals surface area contributed by atoms with Crippen LogP contribution in [0.25, 0.3) is 0 Å². The van der Waals surface area contributed by atoms with Gasteiger partial charge in [-0.3, -0.25) is 19.2 Å². The highest BCUT2D eigenvalue weighted by molar-refractivity contribution is 9.10. The quantitative estimate of drug-likeness (QED) is 0.141. The summed E-state index contributed by atoms with van der Waals surface area (Å²) in [6, 6.07) is 0. The maximum absolute atomic E-state index is 10.9. The zero-order valence-corrected chi connectivity index (χ0v) is 31.3. The third-order valence-electron chi connectivity index (χ3n) is 3.23. The van der Waals surface area contributed by atoms with Crippen molar-refractivity contribution in [1.29, 1.82) is 0 Å². The number of hydrogen-bond donors (Lipinski definition) is 0. The first-order valence-corrected chi connectivity index (χ1v) is 15.8. The van der Waals surface area contributed by atoms with Crippen LogP contribution in [0.15, 0.2) is 0 Å². The Kier molecular flexibility index (Phi) is 27.7. The molecule has 0 saturated heterocycles. The van der Waals surface area contributed by atoms with Crippen LogP contribution in [0.3, 0.4) is 0 Å². The molecule has 0 aromatic rings. The second-order valence-corrected chi connectivity index (χ2v) is 15.6. The molecule has 4 unspecified atom stereocenters. The van der Waals surface area contributed by atoms with E-state index in [2.05, 4.69) is 31.9 Å². The van der Waals surface area contributed by atoms with E-state index in [-0.39, 0.29) is 39.1 Å². The molecule has 8 nitrogen and oxygen atoms in total. The van der Waals surface area contributed by atoms with Crippen molar-refractivity contribution in [1.82, 2.24) is 0 Å². The molecule has 0 amide bonds. The lowest BCUT2D eigenvalue weighted by Crippen LogP contribution is -2.27. The van der Waals surface area contributed by atoms with Gasteiger partial charge in [-0.05, 0) is 81.1 Å². The average molecular weight is 747 g/mol. The van der Waals surface area contributed by atoms with E-state index in [1.807, 2.05) is 69.2 Å². The summed E-state index contributed by atoms with van der Waals surface area (Å²) in [5, 5.41) is -1.09. The first-order chi connectivity index (χ1) is 17.7. The van der Waals surface area contributed by atoms with Crippen molar-refractivity contribution in [3.05, 3.63) is 0 Å². The molecule has 0 radical (unpaired) electrons. The van der Waals surface area contributed by atoms with E-state index in [0.717, 1.165) is 0 Å². The third-order valence-corrected chi connectivity index (χ3v) is 4.33. The molecule has 0 spiro atoms. The van der Waals surface area contributed by atoms with E-state index in [1.54, 1.807) is 27.7 Å². The Hall–Kier alpha value is -0.580. The van der Waals surface area contributed by atoms with Gasteiger partial charge < -0.3 is 18.9 Å². The Morgan fingerprint density at radius 1 is 0.550 bits per heavy atom. The van der Waals surface area contributed by atoms with Crippen molar-refractivity contribution < 1.29 is 38.1 Å². The maximum atomic E-state index is 10.9. The van der Waals surface area contributed by atoms with Gasteiger partial charge in [-0.2, -0.15) is 0 Å². The van der Waals surface area contributed by atoms with Gasteiger partial charge in [0.25, 0.3) is 0 Å². The lowest BCUT2D eigenvalue weighted by atomic mass is 10.2. The zero-order chi connectivity index (χ0) is 33.0.